The molecule has 0 bridgehead atoms. The number of carbonyl (C=O) groups excluding carboxylic acids is 1. The fraction of sp³-hybridized carbons (Fsp3) is 0.250. The molecule has 3 heteroatoms. The molecule has 0 amide bonds. The summed E-state index contributed by atoms with van der Waals surface area (Å²) in [5, 5.41) is -0.337. The van der Waals surface area contributed by atoms with Crippen molar-refractivity contribution in [2.24, 2.45) is 0 Å². The summed E-state index contributed by atoms with van der Waals surface area (Å²) in [6.07, 6.45) is 1.93. The first-order chi connectivity index (χ1) is 3.27. The Morgan fingerprint density at radius 2 is 2.43 bits per heavy atom. The second-order valence-electron chi connectivity index (χ2n) is 0.921. The lowest BCUT2D eigenvalue weighted by molar-refractivity contribution is -0.110. The summed E-state index contributed by atoms with van der Waals surface area (Å²) in [5.74, 6) is 0. The van der Waals surface area contributed by atoms with Crippen molar-refractivity contribution in [3.8, 4) is 0 Å². The summed E-state index contributed by atoms with van der Waals surface area (Å²) < 4.78 is 0. The second kappa shape index (κ2) is 4.34. The first kappa shape index (κ1) is 7.18. The number of carbonyl (C=O) groups is 1. The Morgan fingerprint density at radius 1 is 1.86 bits per heavy atom. The van der Waals surface area contributed by atoms with E-state index in [-0.39, 0.29) is 5.24 Å². The van der Waals surface area contributed by atoms with Gasteiger partial charge in [0.05, 0.1) is 0 Å². The third-order valence-corrected chi connectivity index (χ3v) is 0.896. The summed E-state index contributed by atoms with van der Waals surface area (Å²) in [6, 6.07) is 0. The first-order valence-electron chi connectivity index (χ1n) is 1.71. The molecule has 0 aliphatic heterocycles. The van der Waals surface area contributed by atoms with Crippen LogP contribution in [0.3, 0.4) is 0 Å². The van der Waals surface area contributed by atoms with Gasteiger partial charge in [0, 0.05) is 6.42 Å². The molecule has 0 aliphatic rings. The van der Waals surface area contributed by atoms with Crippen molar-refractivity contribution in [1.82, 2.24) is 0 Å². The molecule has 0 aromatic carbocycles. The van der Waals surface area contributed by atoms with Crippen LogP contribution in [0.4, 0.5) is 0 Å². The Hall–Kier alpha value is 0.180. The van der Waals surface area contributed by atoms with Gasteiger partial charge in [-0.15, -0.1) is 0 Å². The van der Waals surface area contributed by atoms with E-state index < -0.39 is 0 Å². The number of halogens is 2. The lowest BCUT2D eigenvalue weighted by atomic mass is 10.5. The molecule has 0 saturated heterocycles. The average molecular weight is 183 g/mol. The van der Waals surface area contributed by atoms with Crippen LogP contribution in [-0.4, -0.2) is 5.24 Å². The Balaban J connectivity index is 3.14. The number of hydrogen-bond acceptors (Lipinski definition) is 1. The normalized spacial score (nSPS) is 10.0. The van der Waals surface area contributed by atoms with E-state index in [9.17, 15) is 4.79 Å². The maximum Gasteiger partial charge on any atom is 0.225 e. The van der Waals surface area contributed by atoms with E-state index in [1.165, 1.54) is 0 Å². The highest BCUT2D eigenvalue weighted by Gasteiger charge is 1.85. The van der Waals surface area contributed by atoms with Gasteiger partial charge >= 0.3 is 0 Å². The van der Waals surface area contributed by atoms with Gasteiger partial charge in [-0.3, -0.25) is 4.79 Å². The zero-order valence-corrected chi connectivity index (χ0v) is 5.87. The van der Waals surface area contributed by atoms with Crippen LogP contribution in [0.15, 0.2) is 11.1 Å². The molecule has 0 saturated carbocycles. The van der Waals surface area contributed by atoms with E-state index in [4.69, 9.17) is 11.6 Å². The third kappa shape index (κ3) is 6.18. The van der Waals surface area contributed by atoms with Crippen LogP contribution in [0.2, 0.25) is 0 Å². The minimum absolute atomic E-state index is 0.298. The van der Waals surface area contributed by atoms with Crippen LogP contribution in [0.25, 0.3) is 0 Å². The highest BCUT2D eigenvalue weighted by molar-refractivity contribution is 9.11. The van der Waals surface area contributed by atoms with Gasteiger partial charge in [-0.25, -0.2) is 0 Å². The van der Waals surface area contributed by atoms with Crippen LogP contribution in [0, 0.1) is 0 Å². The predicted molar refractivity (Wildman–Crippen MR) is 33.5 cm³/mol. The molecule has 0 rings (SSSR count). The second-order valence-corrected chi connectivity index (χ2v) is 1.87. The van der Waals surface area contributed by atoms with Crippen molar-refractivity contribution in [3.05, 3.63) is 11.1 Å². The molecule has 0 unspecified atom stereocenters. The molecule has 0 aliphatic carbocycles. The third-order valence-electron chi connectivity index (χ3n) is 0.367. The Morgan fingerprint density at radius 3 is 2.57 bits per heavy atom. The SMILES string of the molecule is O=C(Cl)C/C=C/Br. The monoisotopic (exact) mass is 182 g/mol. The Kier molecular flexibility index (Phi) is 4.45. The van der Waals surface area contributed by atoms with E-state index in [2.05, 4.69) is 15.9 Å². The summed E-state index contributed by atoms with van der Waals surface area (Å²) in [4.78, 5) is 11.5. The van der Waals surface area contributed by atoms with Gasteiger partial charge in [0.1, 0.15) is 0 Å². The van der Waals surface area contributed by atoms with Gasteiger partial charge in [0.15, 0.2) is 0 Å². The van der Waals surface area contributed by atoms with E-state index in [0.717, 1.165) is 0 Å². The van der Waals surface area contributed by atoms with Crippen LogP contribution < -0.4 is 0 Å². The summed E-state index contributed by atoms with van der Waals surface area (Å²) in [7, 11) is 0. The Labute approximate surface area is 55.5 Å². The number of allylic oxidation sites excluding steroid dienone is 1. The maximum absolute atomic E-state index is 9.90. The van der Waals surface area contributed by atoms with Gasteiger partial charge in [0.2, 0.25) is 5.24 Å². The van der Waals surface area contributed by atoms with E-state index >= 15 is 0 Å². The molecular weight excluding hydrogens is 179 g/mol. The number of hydrogen-bond donors (Lipinski definition) is 0. The van der Waals surface area contributed by atoms with Crippen molar-refractivity contribution in [1.29, 1.82) is 0 Å². The van der Waals surface area contributed by atoms with Gasteiger partial charge < -0.3 is 0 Å². The molecule has 0 aromatic heterocycles. The van der Waals surface area contributed by atoms with Crippen molar-refractivity contribution in [3.63, 3.8) is 0 Å². The van der Waals surface area contributed by atoms with Gasteiger partial charge in [-0.1, -0.05) is 22.0 Å². The highest BCUT2D eigenvalue weighted by atomic mass is 79.9. The molecule has 40 valence electrons. The lowest BCUT2D eigenvalue weighted by Crippen LogP contribution is -1.77. The van der Waals surface area contributed by atoms with E-state index in [1.54, 1.807) is 11.1 Å². The predicted octanol–water partition coefficient (Wildman–Crippen LogP) is 2.05. The molecule has 0 radical (unpaired) electrons. The average Bonchev–Trinajstić information content (AvgIpc) is 1.61. The summed E-state index contributed by atoms with van der Waals surface area (Å²) in [5.41, 5.74) is 0. The molecule has 0 aromatic rings. The topological polar surface area (TPSA) is 17.1 Å². The summed E-state index contributed by atoms with van der Waals surface area (Å²) >= 11 is 7.93. The van der Waals surface area contributed by atoms with Gasteiger partial charge in [0.25, 0.3) is 0 Å². The van der Waals surface area contributed by atoms with Crippen molar-refractivity contribution in [2.45, 2.75) is 6.42 Å². The fourth-order valence-corrected chi connectivity index (χ4v) is 0.413. The van der Waals surface area contributed by atoms with Crippen LogP contribution in [-0.2, 0) is 4.79 Å². The van der Waals surface area contributed by atoms with Gasteiger partial charge in [-0.05, 0) is 16.6 Å². The van der Waals surface area contributed by atoms with Crippen molar-refractivity contribution in [2.75, 3.05) is 0 Å². The molecule has 0 spiro atoms. The molecular formula is C4H4BrClO. The lowest BCUT2D eigenvalue weighted by Gasteiger charge is -1.74. The quantitative estimate of drug-likeness (QED) is 0.599. The zero-order chi connectivity index (χ0) is 5.70. The standard InChI is InChI=1S/C4H4BrClO/c5-3-1-2-4(6)7/h1,3H,2H2/b3-1+. The van der Waals surface area contributed by atoms with Gasteiger partial charge in [-0.2, -0.15) is 0 Å². The molecule has 0 atom stereocenters. The fourth-order valence-electron chi connectivity index (χ4n) is 0.137. The smallest absolute Gasteiger partial charge is 0.225 e. The minimum atomic E-state index is -0.337. The summed E-state index contributed by atoms with van der Waals surface area (Å²) in [6.45, 7) is 0. The zero-order valence-electron chi connectivity index (χ0n) is 3.53. The van der Waals surface area contributed by atoms with Crippen molar-refractivity contribution >= 4 is 32.8 Å². The molecule has 0 fully saturated rings. The van der Waals surface area contributed by atoms with Crippen molar-refractivity contribution < 1.29 is 4.79 Å². The van der Waals surface area contributed by atoms with E-state index in [0.29, 0.717) is 6.42 Å². The largest absolute Gasteiger partial charge is 0.281 e. The molecule has 7 heavy (non-hydrogen) atoms. The number of rotatable bonds is 2. The first-order valence-corrected chi connectivity index (χ1v) is 3.00. The van der Waals surface area contributed by atoms with Crippen LogP contribution >= 0.6 is 27.5 Å². The van der Waals surface area contributed by atoms with Crippen LogP contribution in [0.1, 0.15) is 6.42 Å². The van der Waals surface area contributed by atoms with E-state index in [1.807, 2.05) is 0 Å². The molecule has 0 N–H and O–H groups in total. The minimum Gasteiger partial charge on any atom is -0.281 e. The highest BCUT2D eigenvalue weighted by Crippen LogP contribution is 1.91. The Bertz CT molecular complexity index is 89.7. The van der Waals surface area contributed by atoms with Crippen LogP contribution in [0.5, 0.6) is 0 Å². The maximum atomic E-state index is 9.90. The molecule has 1 nitrogen and oxygen atoms in total. The molecule has 0 heterocycles.